The molecule has 4 nitrogen and oxygen atoms in total. The average Bonchev–Trinajstić information content (AvgIpc) is 1.62. The van der Waals surface area contributed by atoms with E-state index in [1.807, 2.05) is 0 Å². The van der Waals surface area contributed by atoms with E-state index < -0.39 is 16.2 Å². The summed E-state index contributed by atoms with van der Waals surface area (Å²) in [5, 5.41) is 8.31. The molecule has 0 aliphatic rings. The molecule has 0 aliphatic heterocycles. The molecule has 0 fully saturated rings. The first kappa shape index (κ1) is 8.87. The lowest BCUT2D eigenvalue weighted by atomic mass is 10.5. The Kier molecular flexibility index (Phi) is 3.10. The van der Waals surface area contributed by atoms with Crippen LogP contribution >= 0.6 is 0 Å². The Morgan fingerprint density at radius 2 is 2.11 bits per heavy atom. The zero-order valence-electron chi connectivity index (χ0n) is 5.36. The van der Waals surface area contributed by atoms with Gasteiger partial charge >= 0.3 is 0 Å². The molecule has 0 saturated heterocycles. The summed E-state index contributed by atoms with van der Waals surface area (Å²) in [6.07, 6.45) is 0.305. The van der Waals surface area contributed by atoms with Crippen LogP contribution in [0.25, 0.3) is 0 Å². The average molecular weight is 154 g/mol. The van der Waals surface area contributed by atoms with E-state index in [9.17, 15) is 8.42 Å². The van der Waals surface area contributed by atoms with Crippen molar-refractivity contribution >= 4 is 10.1 Å². The molecule has 1 unspecified atom stereocenters. The van der Waals surface area contributed by atoms with E-state index in [0.717, 1.165) is 6.26 Å². The number of aliphatic hydroxyl groups is 1. The first-order valence-corrected chi connectivity index (χ1v) is 4.26. The maximum atomic E-state index is 10.3. The zero-order valence-corrected chi connectivity index (χ0v) is 6.18. The Bertz CT molecular complexity index is 159. The molecule has 0 heterocycles. The largest absolute Gasteiger partial charge is 0.394 e. The van der Waals surface area contributed by atoms with Gasteiger partial charge in [0.25, 0.3) is 10.1 Å². The van der Waals surface area contributed by atoms with Crippen molar-refractivity contribution in [2.45, 2.75) is 13.0 Å². The van der Waals surface area contributed by atoms with Crippen LogP contribution in [0.15, 0.2) is 0 Å². The lowest BCUT2D eigenvalue weighted by Gasteiger charge is -2.05. The molecule has 0 aromatic rings. The highest BCUT2D eigenvalue weighted by atomic mass is 32.2. The van der Waals surface area contributed by atoms with E-state index in [0.29, 0.717) is 0 Å². The van der Waals surface area contributed by atoms with Crippen molar-refractivity contribution in [3.8, 4) is 0 Å². The van der Waals surface area contributed by atoms with Crippen molar-refractivity contribution < 1.29 is 17.7 Å². The molecular formula is C4H10O4S. The highest BCUT2D eigenvalue weighted by Gasteiger charge is 2.07. The Balaban J connectivity index is 3.75. The summed E-state index contributed by atoms with van der Waals surface area (Å²) in [6.45, 7) is 1.19. The second-order valence-electron chi connectivity index (χ2n) is 1.79. The van der Waals surface area contributed by atoms with Gasteiger partial charge in [-0.2, -0.15) is 8.42 Å². The molecule has 0 aromatic heterocycles. The lowest BCUT2D eigenvalue weighted by molar-refractivity contribution is 0.136. The SMILES string of the molecule is CC(CO)OS(C)(=O)=O. The molecule has 1 N–H and O–H groups in total. The lowest BCUT2D eigenvalue weighted by Crippen LogP contribution is -2.17. The Labute approximate surface area is 54.6 Å². The summed E-state index contributed by atoms with van der Waals surface area (Å²) < 4.78 is 24.8. The zero-order chi connectivity index (χ0) is 7.49. The third-order valence-electron chi connectivity index (χ3n) is 0.596. The van der Waals surface area contributed by atoms with Crippen LogP contribution in [0.1, 0.15) is 6.92 Å². The maximum absolute atomic E-state index is 10.3. The molecular weight excluding hydrogens is 144 g/mol. The second-order valence-corrected chi connectivity index (χ2v) is 3.39. The van der Waals surface area contributed by atoms with Crippen LogP contribution in [0, 0.1) is 0 Å². The number of hydrogen-bond donors (Lipinski definition) is 1. The van der Waals surface area contributed by atoms with Crippen molar-refractivity contribution in [1.29, 1.82) is 0 Å². The van der Waals surface area contributed by atoms with Gasteiger partial charge < -0.3 is 5.11 Å². The fourth-order valence-corrected chi connectivity index (χ4v) is 0.986. The molecule has 0 amide bonds. The summed E-state index contributed by atoms with van der Waals surface area (Å²) in [6, 6.07) is 0. The molecule has 5 heteroatoms. The summed E-state index contributed by atoms with van der Waals surface area (Å²) in [4.78, 5) is 0. The third kappa shape index (κ3) is 5.75. The van der Waals surface area contributed by atoms with Crippen molar-refractivity contribution in [3.63, 3.8) is 0 Å². The van der Waals surface area contributed by atoms with Crippen LogP contribution in [-0.2, 0) is 14.3 Å². The van der Waals surface area contributed by atoms with Gasteiger partial charge in [-0.05, 0) is 6.92 Å². The van der Waals surface area contributed by atoms with Crippen LogP contribution in [0.4, 0.5) is 0 Å². The van der Waals surface area contributed by atoms with Crippen LogP contribution in [-0.4, -0.2) is 32.5 Å². The number of hydrogen-bond acceptors (Lipinski definition) is 4. The summed E-state index contributed by atoms with van der Waals surface area (Å²) in [7, 11) is -3.40. The van der Waals surface area contributed by atoms with Gasteiger partial charge in [-0.25, -0.2) is 0 Å². The minimum absolute atomic E-state index is 0.285. The van der Waals surface area contributed by atoms with E-state index in [1.54, 1.807) is 0 Å². The predicted octanol–water partition coefficient (Wildman–Crippen LogP) is -0.657. The molecule has 1 atom stereocenters. The highest BCUT2D eigenvalue weighted by Crippen LogP contribution is 1.93. The van der Waals surface area contributed by atoms with Gasteiger partial charge in [0.2, 0.25) is 0 Å². The maximum Gasteiger partial charge on any atom is 0.264 e. The Morgan fingerprint density at radius 1 is 1.67 bits per heavy atom. The van der Waals surface area contributed by atoms with Gasteiger partial charge in [-0.15, -0.1) is 0 Å². The van der Waals surface area contributed by atoms with Gasteiger partial charge in [-0.3, -0.25) is 4.18 Å². The molecule has 0 aliphatic carbocycles. The van der Waals surface area contributed by atoms with Gasteiger partial charge in [-0.1, -0.05) is 0 Å². The summed E-state index contributed by atoms with van der Waals surface area (Å²) >= 11 is 0. The quantitative estimate of drug-likeness (QED) is 0.548. The molecule has 0 spiro atoms. The second kappa shape index (κ2) is 3.14. The molecule has 0 bridgehead atoms. The monoisotopic (exact) mass is 154 g/mol. The van der Waals surface area contributed by atoms with Crippen molar-refractivity contribution in [2.75, 3.05) is 12.9 Å². The topological polar surface area (TPSA) is 63.6 Å². The van der Waals surface area contributed by atoms with Crippen LogP contribution in [0.3, 0.4) is 0 Å². The first-order valence-electron chi connectivity index (χ1n) is 2.45. The highest BCUT2D eigenvalue weighted by molar-refractivity contribution is 7.86. The van der Waals surface area contributed by atoms with Crippen molar-refractivity contribution in [3.05, 3.63) is 0 Å². The smallest absolute Gasteiger partial charge is 0.264 e. The Morgan fingerprint density at radius 3 is 2.22 bits per heavy atom. The fraction of sp³-hybridized carbons (Fsp3) is 1.00. The molecule has 0 radical (unpaired) electrons. The molecule has 0 rings (SSSR count). The standard InChI is InChI=1S/C4H10O4S/c1-4(3-5)8-9(2,6)7/h4-5H,3H2,1-2H3. The van der Waals surface area contributed by atoms with Gasteiger partial charge in [0, 0.05) is 0 Å². The molecule has 0 saturated carbocycles. The number of aliphatic hydroxyl groups excluding tert-OH is 1. The number of rotatable bonds is 3. The third-order valence-corrected chi connectivity index (χ3v) is 1.27. The summed E-state index contributed by atoms with van der Waals surface area (Å²) in [5.74, 6) is 0. The van der Waals surface area contributed by atoms with E-state index in [4.69, 9.17) is 5.11 Å². The predicted molar refractivity (Wildman–Crippen MR) is 32.5 cm³/mol. The summed E-state index contributed by atoms with van der Waals surface area (Å²) in [5.41, 5.74) is 0. The van der Waals surface area contributed by atoms with Gasteiger partial charge in [0.15, 0.2) is 0 Å². The van der Waals surface area contributed by atoms with E-state index >= 15 is 0 Å². The van der Waals surface area contributed by atoms with Crippen LogP contribution in [0.2, 0.25) is 0 Å². The van der Waals surface area contributed by atoms with Crippen molar-refractivity contribution in [1.82, 2.24) is 0 Å². The first-order chi connectivity index (χ1) is 3.95. The molecule has 9 heavy (non-hydrogen) atoms. The minimum atomic E-state index is -3.40. The van der Waals surface area contributed by atoms with Gasteiger partial charge in [0.1, 0.15) is 0 Å². The van der Waals surface area contributed by atoms with Gasteiger partial charge in [0.05, 0.1) is 19.0 Å². The van der Waals surface area contributed by atoms with E-state index in [1.165, 1.54) is 6.92 Å². The fourth-order valence-electron chi connectivity index (χ4n) is 0.329. The van der Waals surface area contributed by atoms with E-state index in [-0.39, 0.29) is 6.61 Å². The normalized spacial score (nSPS) is 15.4. The minimum Gasteiger partial charge on any atom is -0.394 e. The van der Waals surface area contributed by atoms with Crippen molar-refractivity contribution in [2.24, 2.45) is 0 Å². The molecule has 56 valence electrons. The molecule has 0 aromatic carbocycles. The van der Waals surface area contributed by atoms with E-state index in [2.05, 4.69) is 4.18 Å². The van der Waals surface area contributed by atoms with Crippen LogP contribution < -0.4 is 0 Å². The van der Waals surface area contributed by atoms with Crippen LogP contribution in [0.5, 0.6) is 0 Å². The Hall–Kier alpha value is -0.130.